The van der Waals surface area contributed by atoms with Gasteiger partial charge in [-0.2, -0.15) is 0 Å². The van der Waals surface area contributed by atoms with E-state index in [1.54, 1.807) is 0 Å². The van der Waals surface area contributed by atoms with Crippen molar-refractivity contribution in [3.05, 3.63) is 0 Å². The maximum absolute atomic E-state index is 12.9. The van der Waals surface area contributed by atoms with Crippen molar-refractivity contribution in [1.29, 1.82) is 0 Å². The third-order valence-corrected chi connectivity index (χ3v) is 18.2. The summed E-state index contributed by atoms with van der Waals surface area (Å²) >= 11 is 0. The number of nitrogens with zero attached hydrogens (tertiary/aromatic N) is 2. The molecule has 506 valence electrons. The number of aliphatic hydroxyl groups excluding tert-OH is 3. The van der Waals surface area contributed by atoms with Crippen LogP contribution in [0, 0.1) is 11.8 Å². The number of hydrogen-bond acceptors (Lipinski definition) is 12. The normalized spacial score (nSPS) is 16.0. The highest BCUT2D eigenvalue weighted by atomic mass is 16.5. The third kappa shape index (κ3) is 57.3. The molecule has 3 fully saturated rings. The van der Waals surface area contributed by atoms with Crippen molar-refractivity contribution in [2.45, 2.75) is 361 Å². The van der Waals surface area contributed by atoms with Crippen LogP contribution in [0.2, 0.25) is 0 Å². The molecule has 12 nitrogen and oxygen atoms in total. The van der Waals surface area contributed by atoms with E-state index < -0.39 is 0 Å². The van der Waals surface area contributed by atoms with Gasteiger partial charge in [0.1, 0.15) is 5.78 Å². The maximum Gasteiger partial charge on any atom is 0.305 e. The van der Waals surface area contributed by atoms with Crippen molar-refractivity contribution in [2.75, 3.05) is 78.8 Å². The average Bonchev–Trinajstić information content (AvgIpc) is 4.18. The molecule has 3 saturated carbocycles. The summed E-state index contributed by atoms with van der Waals surface area (Å²) in [5.41, 5.74) is 4.78. The largest absolute Gasteiger partial charge is 0.465 e. The van der Waals surface area contributed by atoms with Crippen molar-refractivity contribution in [2.24, 2.45) is 17.6 Å². The van der Waals surface area contributed by atoms with Gasteiger partial charge in [-0.1, -0.05) is 233 Å². The fourth-order valence-corrected chi connectivity index (χ4v) is 12.6. The minimum Gasteiger partial charge on any atom is -0.465 e. The smallest absolute Gasteiger partial charge is 0.305 e. The molecule has 0 amide bonds. The first-order chi connectivity index (χ1) is 41.7. The third-order valence-electron chi connectivity index (χ3n) is 18.2. The van der Waals surface area contributed by atoms with Crippen LogP contribution in [-0.2, 0) is 23.9 Å². The van der Waals surface area contributed by atoms with E-state index in [-0.39, 0.29) is 31.8 Å². The van der Waals surface area contributed by atoms with Crippen LogP contribution in [0.1, 0.15) is 349 Å². The van der Waals surface area contributed by atoms with Gasteiger partial charge >= 0.3 is 11.9 Å². The van der Waals surface area contributed by atoms with Crippen LogP contribution >= 0.6 is 0 Å². The topological polar surface area (TPSA) is 175 Å². The molecule has 0 aromatic heterocycles. The van der Waals surface area contributed by atoms with Gasteiger partial charge < -0.3 is 40.7 Å². The summed E-state index contributed by atoms with van der Waals surface area (Å²) in [6.45, 7) is 16.9. The molecule has 0 aromatic rings. The highest BCUT2D eigenvalue weighted by Crippen LogP contribution is 2.24. The lowest BCUT2D eigenvalue weighted by atomic mass is 9.95. The molecule has 2 atom stereocenters. The lowest BCUT2D eigenvalue weighted by molar-refractivity contribution is -0.146. The minimum atomic E-state index is -0.00904. The van der Waals surface area contributed by atoms with Crippen molar-refractivity contribution < 1.29 is 39.2 Å². The molecule has 12 heteroatoms. The quantitative estimate of drug-likeness (QED) is 0.0222. The number of nitrogens with one attached hydrogen (secondary N) is 1. The SMILES string of the molecule is CCCCCCCCC(CCCCCC)COC(=O)CCCCCN(CCCCCC(=O)OCC(CCCCCC)CCCCCCCC)CCN(CCO)C1CCCCCC1.NCCO.O=C1CCCCCC1.OCCNC1CCCCCC1. The second-order valence-electron chi connectivity index (χ2n) is 26.1. The Morgan fingerprint density at radius 2 is 0.835 bits per heavy atom. The molecule has 3 rings (SSSR count). The second-order valence-corrected chi connectivity index (χ2v) is 26.1. The van der Waals surface area contributed by atoms with Gasteiger partial charge in [0.25, 0.3) is 0 Å². The molecule has 0 saturated heterocycles. The highest BCUT2D eigenvalue weighted by Gasteiger charge is 2.21. The van der Waals surface area contributed by atoms with Gasteiger partial charge in [0.05, 0.1) is 33.0 Å². The van der Waals surface area contributed by atoms with Crippen molar-refractivity contribution >= 4 is 17.7 Å². The van der Waals surface area contributed by atoms with Gasteiger partial charge in [-0.15, -0.1) is 0 Å². The number of carbonyl (C=O) groups excluding carboxylic acids is 3. The first-order valence-corrected chi connectivity index (χ1v) is 37.3. The Morgan fingerprint density at radius 3 is 1.24 bits per heavy atom. The van der Waals surface area contributed by atoms with Crippen LogP contribution in [0.5, 0.6) is 0 Å². The Morgan fingerprint density at radius 1 is 0.459 bits per heavy atom. The molecule has 0 spiro atoms. The molecule has 2 unspecified atom stereocenters. The monoisotopic (exact) mass is 1210 g/mol. The van der Waals surface area contributed by atoms with Crippen LogP contribution < -0.4 is 11.1 Å². The van der Waals surface area contributed by atoms with Crippen molar-refractivity contribution in [1.82, 2.24) is 15.1 Å². The van der Waals surface area contributed by atoms with E-state index >= 15 is 0 Å². The van der Waals surface area contributed by atoms with E-state index in [0.29, 0.717) is 62.3 Å². The van der Waals surface area contributed by atoms with Crippen LogP contribution in [0.15, 0.2) is 0 Å². The maximum atomic E-state index is 12.9. The van der Waals surface area contributed by atoms with Crippen LogP contribution in [0.25, 0.3) is 0 Å². The van der Waals surface area contributed by atoms with E-state index in [0.717, 1.165) is 103 Å². The summed E-state index contributed by atoms with van der Waals surface area (Å²) in [5, 5.41) is 29.7. The summed E-state index contributed by atoms with van der Waals surface area (Å²) in [5.74, 6) is 1.49. The van der Waals surface area contributed by atoms with Gasteiger partial charge in [-0.25, -0.2) is 0 Å². The standard InChI is InChI=1S/C55H108N2O5.C9H19NO.C7H12O.C2H7NO/c1-5-9-13-17-19-27-37-51(35-25-15-11-7-3)49-61-54(59)41-31-23-33-43-56(45-46-57(47-48-58)53-39-29-21-22-30-40-53)44-34-24-32-42-55(60)62-50-52(36-26-16-12-8-4)38-28-20-18-14-10-6-2;11-8-7-10-9-5-3-1-2-4-6-9;8-7-5-3-1-2-4-6-7;3-1-2-4/h51-53,58H,5-50H2,1-4H3;9-11H,1-8H2;1-6H2;4H,1-3H2. The number of aliphatic hydroxyl groups is 3. The molecule has 85 heavy (non-hydrogen) atoms. The van der Waals surface area contributed by atoms with E-state index in [1.165, 1.54) is 244 Å². The van der Waals surface area contributed by atoms with Gasteiger partial charge in [0.2, 0.25) is 0 Å². The summed E-state index contributed by atoms with van der Waals surface area (Å²) in [6, 6.07) is 1.27. The highest BCUT2D eigenvalue weighted by molar-refractivity contribution is 5.78. The Balaban J connectivity index is 0.00000251. The second kappa shape index (κ2) is 66.7. The Hall–Kier alpha value is -1.67. The molecular formula is C73H146N4O8. The zero-order valence-corrected chi connectivity index (χ0v) is 57.0. The fraction of sp³-hybridized carbons (Fsp3) is 0.959. The van der Waals surface area contributed by atoms with E-state index in [1.807, 2.05) is 0 Å². The lowest BCUT2D eigenvalue weighted by Crippen LogP contribution is -2.43. The number of ether oxygens (including phenoxy) is 2. The number of unbranched alkanes of at least 4 members (excludes halogenated alkanes) is 20. The van der Waals surface area contributed by atoms with Crippen LogP contribution in [-0.4, -0.2) is 134 Å². The van der Waals surface area contributed by atoms with E-state index in [4.69, 9.17) is 25.4 Å². The summed E-state index contributed by atoms with van der Waals surface area (Å²) in [4.78, 5) is 41.6. The zero-order valence-electron chi connectivity index (χ0n) is 57.0. The van der Waals surface area contributed by atoms with Gasteiger partial charge in [0.15, 0.2) is 0 Å². The number of ketones is 1. The molecule has 0 aromatic carbocycles. The first kappa shape index (κ1) is 83.3. The number of carbonyl (C=O) groups is 3. The average molecular weight is 1210 g/mol. The molecule has 3 aliphatic carbocycles. The van der Waals surface area contributed by atoms with Crippen molar-refractivity contribution in [3.63, 3.8) is 0 Å². The Kier molecular flexibility index (Phi) is 65.4. The fourth-order valence-electron chi connectivity index (χ4n) is 12.6. The van der Waals surface area contributed by atoms with Gasteiger partial charge in [0, 0.05) is 70.5 Å². The molecular weight excluding hydrogens is 1060 g/mol. The number of hydrogen-bond donors (Lipinski definition) is 5. The number of esters is 2. The molecule has 0 radical (unpaired) electrons. The summed E-state index contributed by atoms with van der Waals surface area (Å²) < 4.78 is 11.8. The Labute approximate surface area is 527 Å². The summed E-state index contributed by atoms with van der Waals surface area (Å²) in [6.07, 6.45) is 60.3. The number of rotatable bonds is 50. The number of Topliss-reactive ketones (excluding diaryl/α,β-unsaturated/α-hetero) is 1. The predicted molar refractivity (Wildman–Crippen MR) is 361 cm³/mol. The van der Waals surface area contributed by atoms with Crippen molar-refractivity contribution in [3.8, 4) is 0 Å². The van der Waals surface area contributed by atoms with Gasteiger partial charge in [-0.05, 0) is 115 Å². The van der Waals surface area contributed by atoms with E-state index in [9.17, 15) is 19.5 Å². The number of nitrogens with two attached hydrogens (primary N) is 1. The lowest BCUT2D eigenvalue weighted by Gasteiger charge is -2.33. The van der Waals surface area contributed by atoms with E-state index in [2.05, 4.69) is 42.8 Å². The summed E-state index contributed by atoms with van der Waals surface area (Å²) in [7, 11) is 0. The minimum absolute atomic E-state index is 0.00904. The predicted octanol–water partition coefficient (Wildman–Crippen LogP) is 17.3. The molecule has 6 N–H and O–H groups in total. The molecule has 0 aliphatic heterocycles. The molecule has 0 bridgehead atoms. The van der Waals surface area contributed by atoms with Crippen LogP contribution in [0.4, 0.5) is 0 Å². The molecule has 0 heterocycles. The zero-order chi connectivity index (χ0) is 62.2. The van der Waals surface area contributed by atoms with Gasteiger partial charge in [-0.3, -0.25) is 19.3 Å². The first-order valence-electron chi connectivity index (χ1n) is 37.3. The Bertz CT molecular complexity index is 1310. The molecule has 3 aliphatic rings. The van der Waals surface area contributed by atoms with Crippen LogP contribution in [0.3, 0.4) is 0 Å².